The molecule has 1 aromatic carbocycles. The van der Waals surface area contributed by atoms with E-state index in [9.17, 15) is 14.4 Å². The van der Waals surface area contributed by atoms with Gasteiger partial charge in [0.1, 0.15) is 0 Å². The van der Waals surface area contributed by atoms with E-state index < -0.39 is 0 Å². The molecule has 1 N–H and O–H groups in total. The number of thiophene rings is 1. The van der Waals surface area contributed by atoms with Crippen LogP contribution in [0, 0.1) is 13.8 Å². The number of hydrogen-bond acceptors (Lipinski definition) is 4. The van der Waals surface area contributed by atoms with Crippen molar-refractivity contribution < 1.29 is 14.4 Å². The third-order valence-corrected chi connectivity index (χ3v) is 5.39. The van der Waals surface area contributed by atoms with Gasteiger partial charge in [0.2, 0.25) is 11.8 Å². The Kier molecular flexibility index (Phi) is 7.11. The minimum absolute atomic E-state index is 0.0419. The predicted molar refractivity (Wildman–Crippen MR) is 108 cm³/mol. The molecule has 1 heterocycles. The first kappa shape index (κ1) is 20.3. The molecule has 5 nitrogen and oxygen atoms in total. The summed E-state index contributed by atoms with van der Waals surface area (Å²) in [7, 11) is 1.57. The largest absolute Gasteiger partial charge is 0.336 e. The standard InChI is InChI=1S/C19H21BrN2O3S/c1-12-10-14(20)5-6-15(12)21-18(24)11-22(3)19(25)9-7-16(23)17-8-4-13(2)26-17/h4-6,8,10H,7,9,11H2,1-3H3,(H,21,24). The van der Waals surface area contributed by atoms with Crippen LogP contribution < -0.4 is 5.32 Å². The van der Waals surface area contributed by atoms with E-state index in [2.05, 4.69) is 21.2 Å². The van der Waals surface area contributed by atoms with Crippen molar-refractivity contribution >= 4 is 50.6 Å². The molecule has 1 aromatic heterocycles. The molecule has 2 rings (SSSR count). The summed E-state index contributed by atoms with van der Waals surface area (Å²) in [5.41, 5.74) is 1.64. The molecular formula is C19H21BrN2O3S. The fourth-order valence-electron chi connectivity index (χ4n) is 2.38. The van der Waals surface area contributed by atoms with Crippen molar-refractivity contribution in [3.63, 3.8) is 0 Å². The number of benzene rings is 1. The molecular weight excluding hydrogens is 416 g/mol. The summed E-state index contributed by atoms with van der Waals surface area (Å²) in [6.45, 7) is 3.78. The van der Waals surface area contributed by atoms with E-state index in [1.165, 1.54) is 16.2 Å². The summed E-state index contributed by atoms with van der Waals surface area (Å²) in [6.07, 6.45) is 0.243. The number of rotatable bonds is 7. The summed E-state index contributed by atoms with van der Waals surface area (Å²) in [5.74, 6) is -0.541. The summed E-state index contributed by atoms with van der Waals surface area (Å²) in [5, 5.41) is 2.80. The molecule has 0 bridgehead atoms. The number of ketones is 1. The Bertz CT molecular complexity index is 832. The topological polar surface area (TPSA) is 66.5 Å². The number of amides is 2. The van der Waals surface area contributed by atoms with Crippen molar-refractivity contribution in [3.8, 4) is 0 Å². The second-order valence-corrected chi connectivity index (χ2v) is 8.29. The van der Waals surface area contributed by atoms with E-state index >= 15 is 0 Å². The molecule has 0 aliphatic rings. The van der Waals surface area contributed by atoms with Crippen LogP contribution in [0.3, 0.4) is 0 Å². The number of nitrogens with zero attached hydrogens (tertiary/aromatic N) is 1. The zero-order chi connectivity index (χ0) is 19.3. The van der Waals surface area contributed by atoms with Crippen LogP contribution in [0.4, 0.5) is 5.69 Å². The smallest absolute Gasteiger partial charge is 0.243 e. The Morgan fingerprint density at radius 2 is 1.85 bits per heavy atom. The van der Waals surface area contributed by atoms with E-state index in [4.69, 9.17) is 0 Å². The molecule has 0 saturated carbocycles. The van der Waals surface area contributed by atoms with E-state index in [-0.39, 0.29) is 37.0 Å². The lowest BCUT2D eigenvalue weighted by Crippen LogP contribution is -2.35. The average Bonchev–Trinajstić information content (AvgIpc) is 3.01. The zero-order valence-corrected chi connectivity index (χ0v) is 17.4. The molecule has 0 saturated heterocycles. The lowest BCUT2D eigenvalue weighted by atomic mass is 10.2. The molecule has 0 radical (unpaired) electrons. The van der Waals surface area contributed by atoms with Gasteiger partial charge >= 0.3 is 0 Å². The highest BCUT2D eigenvalue weighted by molar-refractivity contribution is 9.10. The third-order valence-electron chi connectivity index (χ3n) is 3.85. The van der Waals surface area contributed by atoms with Gasteiger partial charge in [-0.05, 0) is 49.7 Å². The second kappa shape index (κ2) is 9.09. The fraction of sp³-hybridized carbons (Fsp3) is 0.316. The number of anilines is 1. The van der Waals surface area contributed by atoms with Crippen LogP contribution in [0.2, 0.25) is 0 Å². The minimum atomic E-state index is -0.272. The first-order valence-electron chi connectivity index (χ1n) is 8.16. The number of Topliss-reactive ketones (excluding diaryl/α,β-unsaturated/α-hetero) is 1. The Balaban J connectivity index is 1.82. The SMILES string of the molecule is Cc1ccc(C(=O)CCC(=O)N(C)CC(=O)Nc2ccc(Br)cc2C)s1. The summed E-state index contributed by atoms with van der Waals surface area (Å²) in [6, 6.07) is 9.23. The van der Waals surface area contributed by atoms with Gasteiger partial charge in [0, 0.05) is 34.9 Å². The maximum Gasteiger partial charge on any atom is 0.243 e. The highest BCUT2D eigenvalue weighted by Crippen LogP contribution is 2.20. The molecule has 7 heteroatoms. The molecule has 0 aliphatic carbocycles. The van der Waals surface area contributed by atoms with Crippen LogP contribution in [-0.2, 0) is 9.59 Å². The first-order valence-corrected chi connectivity index (χ1v) is 9.77. The van der Waals surface area contributed by atoms with Gasteiger partial charge in [0.15, 0.2) is 5.78 Å². The third kappa shape index (κ3) is 5.78. The van der Waals surface area contributed by atoms with Crippen molar-refractivity contribution in [2.45, 2.75) is 26.7 Å². The van der Waals surface area contributed by atoms with Crippen molar-refractivity contribution in [2.24, 2.45) is 0 Å². The first-order chi connectivity index (χ1) is 12.3. The lowest BCUT2D eigenvalue weighted by molar-refractivity contribution is -0.133. The molecule has 0 spiro atoms. The van der Waals surface area contributed by atoms with Gasteiger partial charge in [-0.15, -0.1) is 11.3 Å². The minimum Gasteiger partial charge on any atom is -0.336 e. The van der Waals surface area contributed by atoms with E-state index in [0.29, 0.717) is 10.6 Å². The average molecular weight is 437 g/mol. The van der Waals surface area contributed by atoms with Gasteiger partial charge in [0.25, 0.3) is 0 Å². The number of likely N-dealkylation sites (N-methyl/N-ethyl adjacent to an activating group) is 1. The zero-order valence-electron chi connectivity index (χ0n) is 15.0. The molecule has 2 amide bonds. The van der Waals surface area contributed by atoms with E-state index in [1.54, 1.807) is 19.2 Å². The van der Waals surface area contributed by atoms with Crippen LogP contribution >= 0.6 is 27.3 Å². The van der Waals surface area contributed by atoms with Gasteiger partial charge in [-0.3, -0.25) is 14.4 Å². The quantitative estimate of drug-likeness (QED) is 0.661. The molecule has 0 aliphatic heterocycles. The Labute approximate surface area is 165 Å². The highest BCUT2D eigenvalue weighted by atomic mass is 79.9. The van der Waals surface area contributed by atoms with Gasteiger partial charge < -0.3 is 10.2 Å². The number of aryl methyl sites for hydroxylation is 2. The van der Waals surface area contributed by atoms with Crippen LogP contribution in [0.1, 0.15) is 33.0 Å². The Morgan fingerprint density at radius 1 is 1.12 bits per heavy atom. The lowest BCUT2D eigenvalue weighted by Gasteiger charge is -2.17. The summed E-state index contributed by atoms with van der Waals surface area (Å²) in [4.78, 5) is 39.5. The molecule has 138 valence electrons. The van der Waals surface area contributed by atoms with Gasteiger partial charge in [-0.25, -0.2) is 0 Å². The van der Waals surface area contributed by atoms with Crippen LogP contribution in [-0.4, -0.2) is 36.1 Å². The highest BCUT2D eigenvalue weighted by Gasteiger charge is 2.16. The number of carbonyl (C=O) groups is 3. The summed E-state index contributed by atoms with van der Waals surface area (Å²) < 4.78 is 0.936. The van der Waals surface area contributed by atoms with Crippen LogP contribution in [0.15, 0.2) is 34.8 Å². The monoisotopic (exact) mass is 436 g/mol. The Morgan fingerprint density at radius 3 is 2.46 bits per heavy atom. The van der Waals surface area contributed by atoms with Gasteiger partial charge in [-0.2, -0.15) is 0 Å². The number of carbonyl (C=O) groups excluding carboxylic acids is 3. The fourth-order valence-corrected chi connectivity index (χ4v) is 3.69. The normalized spacial score (nSPS) is 10.5. The van der Waals surface area contributed by atoms with Gasteiger partial charge in [-0.1, -0.05) is 15.9 Å². The summed E-state index contributed by atoms with van der Waals surface area (Å²) >= 11 is 4.80. The molecule has 26 heavy (non-hydrogen) atoms. The number of nitrogens with one attached hydrogen (secondary N) is 1. The van der Waals surface area contributed by atoms with Crippen LogP contribution in [0.25, 0.3) is 0 Å². The predicted octanol–water partition coefficient (Wildman–Crippen LogP) is 4.19. The Hall–Kier alpha value is -1.99. The van der Waals surface area contributed by atoms with E-state index in [0.717, 1.165) is 14.9 Å². The van der Waals surface area contributed by atoms with Crippen molar-refractivity contribution in [2.75, 3.05) is 18.9 Å². The molecule has 0 unspecified atom stereocenters. The maximum absolute atomic E-state index is 12.2. The number of halogens is 1. The van der Waals surface area contributed by atoms with Crippen molar-refractivity contribution in [1.29, 1.82) is 0 Å². The van der Waals surface area contributed by atoms with Crippen molar-refractivity contribution in [3.05, 3.63) is 50.1 Å². The number of hydrogen-bond donors (Lipinski definition) is 1. The second-order valence-electron chi connectivity index (χ2n) is 6.09. The maximum atomic E-state index is 12.2. The van der Waals surface area contributed by atoms with Crippen molar-refractivity contribution in [1.82, 2.24) is 4.90 Å². The molecule has 0 fully saturated rings. The molecule has 0 atom stereocenters. The van der Waals surface area contributed by atoms with E-state index in [1.807, 2.05) is 32.0 Å². The van der Waals surface area contributed by atoms with Crippen LogP contribution in [0.5, 0.6) is 0 Å². The van der Waals surface area contributed by atoms with Gasteiger partial charge in [0.05, 0.1) is 11.4 Å². The molecule has 2 aromatic rings.